The standard InChI is InChI=1S/C16H19N3OS2/c1-11-6-7-13(22-11)15-14(12-5-2-3-8-17-12)18-16(21)19(15)9-4-10-20/h2-3,5-8,14-15,20H,4,9-10H2,1H3,(H,18,21)/t14-,15+/m0/s1. The summed E-state index contributed by atoms with van der Waals surface area (Å²) in [6, 6.07) is 10.4. The molecule has 2 aromatic rings. The van der Waals surface area contributed by atoms with Crippen molar-refractivity contribution in [1.82, 2.24) is 15.2 Å². The predicted octanol–water partition coefficient (Wildman–Crippen LogP) is 2.81. The van der Waals surface area contributed by atoms with Gasteiger partial charge in [0, 0.05) is 29.1 Å². The van der Waals surface area contributed by atoms with Crippen molar-refractivity contribution < 1.29 is 5.11 Å². The van der Waals surface area contributed by atoms with Gasteiger partial charge in [-0.05, 0) is 49.8 Å². The summed E-state index contributed by atoms with van der Waals surface area (Å²) in [6.07, 6.45) is 2.52. The van der Waals surface area contributed by atoms with E-state index < -0.39 is 0 Å². The first-order valence-corrected chi connectivity index (χ1v) is 8.58. The molecule has 0 unspecified atom stereocenters. The molecule has 1 aliphatic rings. The van der Waals surface area contributed by atoms with E-state index in [1.54, 1.807) is 11.3 Å². The third-order valence-corrected chi connectivity index (χ3v) is 5.23. The number of hydrogen-bond acceptors (Lipinski definition) is 4. The molecule has 1 fully saturated rings. The third kappa shape index (κ3) is 2.99. The number of hydrogen-bond donors (Lipinski definition) is 2. The molecule has 3 rings (SSSR count). The monoisotopic (exact) mass is 333 g/mol. The van der Waals surface area contributed by atoms with Crippen LogP contribution in [0.15, 0.2) is 36.5 Å². The van der Waals surface area contributed by atoms with Crippen LogP contribution in [0, 0.1) is 6.92 Å². The predicted molar refractivity (Wildman–Crippen MR) is 92.9 cm³/mol. The molecule has 0 radical (unpaired) electrons. The highest BCUT2D eigenvalue weighted by molar-refractivity contribution is 7.80. The largest absolute Gasteiger partial charge is 0.396 e. The number of aliphatic hydroxyl groups excluding tert-OH is 1. The molecule has 4 nitrogen and oxygen atoms in total. The molecule has 22 heavy (non-hydrogen) atoms. The molecule has 2 atom stereocenters. The molecule has 6 heteroatoms. The number of pyridine rings is 1. The molecule has 1 aliphatic heterocycles. The van der Waals surface area contributed by atoms with Gasteiger partial charge in [0.1, 0.15) is 0 Å². The Hall–Kier alpha value is -1.50. The minimum absolute atomic E-state index is 0.0467. The molecule has 0 amide bonds. The zero-order chi connectivity index (χ0) is 15.5. The molecule has 0 saturated carbocycles. The van der Waals surface area contributed by atoms with Crippen LogP contribution in [0.5, 0.6) is 0 Å². The van der Waals surface area contributed by atoms with Crippen molar-refractivity contribution in [3.05, 3.63) is 52.0 Å². The van der Waals surface area contributed by atoms with Crippen molar-refractivity contribution in [2.45, 2.75) is 25.4 Å². The summed E-state index contributed by atoms with van der Waals surface area (Å²) < 4.78 is 0. The van der Waals surface area contributed by atoms with Gasteiger partial charge in [-0.15, -0.1) is 11.3 Å². The minimum Gasteiger partial charge on any atom is -0.396 e. The Morgan fingerprint density at radius 2 is 2.23 bits per heavy atom. The van der Waals surface area contributed by atoms with E-state index in [4.69, 9.17) is 17.3 Å². The molecule has 0 spiro atoms. The molecule has 3 heterocycles. The van der Waals surface area contributed by atoms with Gasteiger partial charge in [0.2, 0.25) is 0 Å². The molecule has 2 N–H and O–H groups in total. The van der Waals surface area contributed by atoms with E-state index in [0.29, 0.717) is 6.42 Å². The van der Waals surface area contributed by atoms with Gasteiger partial charge in [0.15, 0.2) is 5.11 Å². The van der Waals surface area contributed by atoms with E-state index in [2.05, 4.69) is 34.3 Å². The maximum Gasteiger partial charge on any atom is 0.170 e. The second kappa shape index (κ2) is 6.73. The number of aliphatic hydroxyl groups is 1. The number of thiocarbonyl (C=S) groups is 1. The summed E-state index contributed by atoms with van der Waals surface area (Å²) in [7, 11) is 0. The molecule has 1 saturated heterocycles. The van der Waals surface area contributed by atoms with E-state index in [1.165, 1.54) is 9.75 Å². The molecule has 116 valence electrons. The second-order valence-electron chi connectivity index (χ2n) is 5.35. The maximum atomic E-state index is 9.16. The van der Waals surface area contributed by atoms with E-state index in [9.17, 15) is 0 Å². The van der Waals surface area contributed by atoms with Crippen LogP contribution in [0.4, 0.5) is 0 Å². The molecule has 0 aliphatic carbocycles. The first-order chi connectivity index (χ1) is 10.7. The first-order valence-electron chi connectivity index (χ1n) is 7.36. The van der Waals surface area contributed by atoms with E-state index in [0.717, 1.165) is 17.4 Å². The highest BCUT2D eigenvalue weighted by atomic mass is 32.1. The van der Waals surface area contributed by atoms with Crippen LogP contribution in [-0.4, -0.2) is 33.3 Å². The van der Waals surface area contributed by atoms with Crippen LogP contribution in [0.3, 0.4) is 0 Å². The number of rotatable bonds is 5. The van der Waals surface area contributed by atoms with Crippen molar-refractivity contribution in [2.24, 2.45) is 0 Å². The Kier molecular flexibility index (Phi) is 4.71. The molecular weight excluding hydrogens is 314 g/mol. The number of aromatic nitrogens is 1. The summed E-state index contributed by atoms with van der Waals surface area (Å²) in [5.41, 5.74) is 0.993. The fourth-order valence-electron chi connectivity index (χ4n) is 2.81. The molecule has 0 bridgehead atoms. The van der Waals surface area contributed by atoms with Gasteiger partial charge in [-0.2, -0.15) is 0 Å². The van der Waals surface area contributed by atoms with Crippen LogP contribution in [0.1, 0.15) is 34.0 Å². The van der Waals surface area contributed by atoms with Crippen molar-refractivity contribution in [3.8, 4) is 0 Å². The number of aryl methyl sites for hydroxylation is 1. The van der Waals surface area contributed by atoms with Crippen LogP contribution in [-0.2, 0) is 0 Å². The number of nitrogens with one attached hydrogen (secondary N) is 1. The maximum absolute atomic E-state index is 9.16. The Morgan fingerprint density at radius 1 is 1.36 bits per heavy atom. The van der Waals surface area contributed by atoms with Gasteiger partial charge in [-0.1, -0.05) is 6.07 Å². The Labute approximate surface area is 139 Å². The number of thiophene rings is 1. The fraction of sp³-hybridized carbons (Fsp3) is 0.375. The van der Waals surface area contributed by atoms with Crippen LogP contribution >= 0.6 is 23.6 Å². The van der Waals surface area contributed by atoms with Crippen LogP contribution in [0.25, 0.3) is 0 Å². The highest BCUT2D eigenvalue weighted by Gasteiger charge is 2.39. The smallest absolute Gasteiger partial charge is 0.170 e. The summed E-state index contributed by atoms with van der Waals surface area (Å²) in [5, 5.41) is 13.3. The lowest BCUT2D eigenvalue weighted by Gasteiger charge is -2.26. The Bertz CT molecular complexity index is 644. The third-order valence-electron chi connectivity index (χ3n) is 3.81. The van der Waals surface area contributed by atoms with Gasteiger partial charge >= 0.3 is 0 Å². The molecule has 0 aromatic carbocycles. The van der Waals surface area contributed by atoms with Crippen LogP contribution in [0.2, 0.25) is 0 Å². The summed E-state index contributed by atoms with van der Waals surface area (Å²) >= 11 is 7.32. The number of nitrogens with zero attached hydrogens (tertiary/aromatic N) is 2. The van der Waals surface area contributed by atoms with Gasteiger partial charge in [-0.25, -0.2) is 0 Å². The molecular formula is C16H19N3OS2. The Balaban J connectivity index is 1.96. The minimum atomic E-state index is 0.0467. The Morgan fingerprint density at radius 3 is 2.86 bits per heavy atom. The van der Waals surface area contributed by atoms with Gasteiger partial charge in [0.05, 0.1) is 17.8 Å². The zero-order valence-electron chi connectivity index (χ0n) is 12.4. The topological polar surface area (TPSA) is 48.4 Å². The van der Waals surface area contributed by atoms with Gasteiger partial charge in [-0.3, -0.25) is 4.98 Å². The average Bonchev–Trinajstić information content (AvgIpc) is 3.09. The quantitative estimate of drug-likeness (QED) is 0.824. The SMILES string of the molecule is Cc1ccc([C@@H]2[C@H](c3ccccn3)NC(=S)N2CCCO)s1. The van der Waals surface area contributed by atoms with Gasteiger partial charge < -0.3 is 15.3 Å². The fourth-order valence-corrected chi connectivity index (χ4v) is 4.17. The van der Waals surface area contributed by atoms with Crippen molar-refractivity contribution in [3.63, 3.8) is 0 Å². The molecule has 2 aromatic heterocycles. The van der Waals surface area contributed by atoms with Crippen LogP contribution < -0.4 is 5.32 Å². The first kappa shape index (κ1) is 15.4. The van der Waals surface area contributed by atoms with E-state index in [1.807, 2.05) is 24.4 Å². The lowest BCUT2D eigenvalue weighted by molar-refractivity contribution is 0.249. The summed E-state index contributed by atoms with van der Waals surface area (Å²) in [5.74, 6) is 0. The van der Waals surface area contributed by atoms with E-state index in [-0.39, 0.29) is 18.7 Å². The average molecular weight is 333 g/mol. The highest BCUT2D eigenvalue weighted by Crippen LogP contribution is 2.41. The van der Waals surface area contributed by atoms with Gasteiger partial charge in [0.25, 0.3) is 0 Å². The second-order valence-corrected chi connectivity index (χ2v) is 7.05. The lowest BCUT2D eigenvalue weighted by Crippen LogP contribution is -2.30. The van der Waals surface area contributed by atoms with Crippen molar-refractivity contribution in [1.29, 1.82) is 0 Å². The van der Waals surface area contributed by atoms with Crippen molar-refractivity contribution >= 4 is 28.7 Å². The summed E-state index contributed by atoms with van der Waals surface area (Å²) in [4.78, 5) is 9.24. The van der Waals surface area contributed by atoms with Crippen molar-refractivity contribution in [2.75, 3.05) is 13.2 Å². The lowest BCUT2D eigenvalue weighted by atomic mass is 10.0. The summed E-state index contributed by atoms with van der Waals surface area (Å²) in [6.45, 7) is 3.03. The van der Waals surface area contributed by atoms with E-state index >= 15 is 0 Å². The zero-order valence-corrected chi connectivity index (χ0v) is 14.0. The normalized spacial score (nSPS) is 21.2.